The van der Waals surface area contributed by atoms with Crippen LogP contribution in [0.2, 0.25) is 0 Å². The smallest absolute Gasteiger partial charge is 0.433 e. The van der Waals surface area contributed by atoms with Crippen molar-refractivity contribution >= 4 is 17.6 Å². The van der Waals surface area contributed by atoms with Gasteiger partial charge in [0.2, 0.25) is 0 Å². The minimum Gasteiger partial charge on any atom is -0.448 e. The molecule has 0 radical (unpaired) electrons. The third-order valence-electron chi connectivity index (χ3n) is 1.98. The van der Waals surface area contributed by atoms with E-state index >= 15 is 0 Å². The Morgan fingerprint density at radius 1 is 1.64 bits per heavy atom. The highest BCUT2D eigenvalue weighted by Gasteiger charge is 2.26. The number of hydrogen-bond acceptors (Lipinski definition) is 4. The lowest BCUT2D eigenvalue weighted by Crippen LogP contribution is -2.34. The van der Waals surface area contributed by atoms with Crippen LogP contribution in [0.5, 0.6) is 0 Å². The summed E-state index contributed by atoms with van der Waals surface area (Å²) in [4.78, 5) is 25.5. The molecule has 78 valence electrons. The summed E-state index contributed by atoms with van der Waals surface area (Å²) in [7, 11) is 0. The summed E-state index contributed by atoms with van der Waals surface area (Å²) in [6, 6.07) is 0. The van der Waals surface area contributed by atoms with Crippen molar-refractivity contribution in [2.75, 3.05) is 6.61 Å². The quantitative estimate of drug-likeness (QED) is 0.674. The van der Waals surface area contributed by atoms with Gasteiger partial charge in [-0.3, -0.25) is 4.79 Å². The topological polar surface area (TPSA) is 76.0 Å². The molecule has 14 heavy (non-hydrogen) atoms. The molecule has 0 aromatic heterocycles. The summed E-state index contributed by atoms with van der Waals surface area (Å²) in [6.07, 6.45) is -0.493. The number of aliphatic imine (C=N–C) groups is 1. The van der Waals surface area contributed by atoms with Gasteiger partial charge in [-0.25, -0.2) is 4.79 Å². The summed E-state index contributed by atoms with van der Waals surface area (Å²) in [5.74, 6) is -0.278. The van der Waals surface area contributed by atoms with Crippen LogP contribution in [-0.4, -0.2) is 35.4 Å². The third kappa shape index (κ3) is 2.63. The van der Waals surface area contributed by atoms with Crippen LogP contribution in [0, 0.1) is 0 Å². The molecule has 5 heteroatoms. The summed E-state index contributed by atoms with van der Waals surface area (Å²) < 4.78 is 4.58. The van der Waals surface area contributed by atoms with Gasteiger partial charge in [0.05, 0.1) is 12.3 Å². The van der Waals surface area contributed by atoms with Gasteiger partial charge < -0.3 is 9.84 Å². The fourth-order valence-corrected chi connectivity index (χ4v) is 1.29. The number of carbonyl (C=O) groups excluding carboxylic acids is 2. The second-order valence-corrected chi connectivity index (χ2v) is 3.02. The van der Waals surface area contributed by atoms with E-state index in [1.165, 1.54) is 0 Å². The third-order valence-corrected chi connectivity index (χ3v) is 1.98. The molecule has 1 aliphatic carbocycles. The predicted octanol–water partition coefficient (Wildman–Crippen LogP) is 0.698. The Kier molecular flexibility index (Phi) is 3.76. The fraction of sp³-hybridized carbons (Fsp3) is 0.667. The highest BCUT2D eigenvalue weighted by molar-refractivity contribution is 6.11. The number of ether oxygens (including phenoxy) is 1. The number of carbonyl (C=O) groups is 2. The highest BCUT2D eigenvalue weighted by atomic mass is 16.5. The van der Waals surface area contributed by atoms with Crippen LogP contribution in [0.25, 0.3) is 0 Å². The number of Topliss-reactive ketones (excluding diaryl/α,β-unsaturated/α-hetero) is 1. The van der Waals surface area contributed by atoms with Crippen molar-refractivity contribution in [1.82, 2.24) is 0 Å². The highest BCUT2D eigenvalue weighted by Crippen LogP contribution is 2.13. The van der Waals surface area contributed by atoms with Crippen molar-refractivity contribution in [3.05, 3.63) is 0 Å². The van der Waals surface area contributed by atoms with E-state index < -0.39 is 12.2 Å². The molecule has 1 rings (SSSR count). The number of nitrogens with zero attached hydrogens (tertiary/aromatic N) is 1. The second kappa shape index (κ2) is 4.85. The fourth-order valence-electron chi connectivity index (χ4n) is 1.29. The average Bonchev–Trinajstić information content (AvgIpc) is 2.13. The minimum atomic E-state index is -1.21. The zero-order valence-electron chi connectivity index (χ0n) is 8.02. The van der Waals surface area contributed by atoms with E-state index in [0.717, 1.165) is 0 Å². The van der Waals surface area contributed by atoms with Gasteiger partial charge in [-0.15, -0.1) is 0 Å². The molecule has 0 aliphatic heterocycles. The molecule has 1 N–H and O–H groups in total. The van der Waals surface area contributed by atoms with Crippen molar-refractivity contribution in [1.29, 1.82) is 0 Å². The number of amides is 1. The van der Waals surface area contributed by atoms with Crippen molar-refractivity contribution in [3.8, 4) is 0 Å². The summed E-state index contributed by atoms with van der Waals surface area (Å²) in [5.41, 5.74) is 0.222. The number of rotatable bonds is 1. The van der Waals surface area contributed by atoms with Gasteiger partial charge in [-0.2, -0.15) is 4.99 Å². The molecule has 0 saturated heterocycles. The molecule has 0 aromatic rings. The second-order valence-electron chi connectivity index (χ2n) is 3.02. The van der Waals surface area contributed by atoms with E-state index in [9.17, 15) is 14.7 Å². The van der Waals surface area contributed by atoms with E-state index in [-0.39, 0.29) is 18.1 Å². The molecule has 1 saturated carbocycles. The maximum Gasteiger partial charge on any atom is 0.433 e. The normalized spacial score (nSPS) is 25.1. The molecular weight excluding hydrogens is 186 g/mol. The Morgan fingerprint density at radius 3 is 3.00 bits per heavy atom. The standard InChI is InChI=1S/C9H13NO4/c1-2-14-9(13)10-6-4-3-5-7(11)8(6)12/h8,12H,2-5H2,1H3. The molecule has 0 bridgehead atoms. The zero-order valence-corrected chi connectivity index (χ0v) is 8.02. The van der Waals surface area contributed by atoms with Crippen molar-refractivity contribution < 1.29 is 19.4 Å². The predicted molar refractivity (Wildman–Crippen MR) is 49.3 cm³/mol. The Hall–Kier alpha value is -1.23. The molecule has 1 aliphatic rings. The molecule has 1 amide bonds. The Balaban J connectivity index is 2.65. The van der Waals surface area contributed by atoms with Crippen molar-refractivity contribution in [2.45, 2.75) is 32.3 Å². The SMILES string of the molecule is CCOC(=O)N=C1CCCC(=O)C1O. The summed E-state index contributed by atoms with van der Waals surface area (Å²) >= 11 is 0. The van der Waals surface area contributed by atoms with Crippen LogP contribution in [-0.2, 0) is 9.53 Å². The van der Waals surface area contributed by atoms with E-state index in [1.807, 2.05) is 0 Å². The molecule has 1 unspecified atom stereocenters. The Bertz CT molecular complexity index is 272. The van der Waals surface area contributed by atoms with E-state index in [0.29, 0.717) is 19.3 Å². The van der Waals surface area contributed by atoms with Crippen LogP contribution >= 0.6 is 0 Å². The first-order valence-corrected chi connectivity index (χ1v) is 4.60. The zero-order chi connectivity index (χ0) is 10.6. The van der Waals surface area contributed by atoms with Crippen LogP contribution in [0.4, 0.5) is 4.79 Å². The van der Waals surface area contributed by atoms with Crippen LogP contribution in [0.3, 0.4) is 0 Å². The maximum atomic E-state index is 11.1. The molecular formula is C9H13NO4. The van der Waals surface area contributed by atoms with E-state index in [4.69, 9.17) is 0 Å². The minimum absolute atomic E-state index is 0.222. The van der Waals surface area contributed by atoms with Crippen LogP contribution < -0.4 is 0 Å². The lowest BCUT2D eigenvalue weighted by atomic mass is 9.94. The first-order chi connectivity index (χ1) is 6.65. The lowest BCUT2D eigenvalue weighted by molar-refractivity contribution is -0.124. The van der Waals surface area contributed by atoms with Gasteiger partial charge in [-0.1, -0.05) is 0 Å². The average molecular weight is 199 g/mol. The lowest BCUT2D eigenvalue weighted by Gasteiger charge is -2.17. The van der Waals surface area contributed by atoms with Gasteiger partial charge in [0.25, 0.3) is 0 Å². The number of ketones is 1. The van der Waals surface area contributed by atoms with Crippen LogP contribution in [0.15, 0.2) is 4.99 Å². The first-order valence-electron chi connectivity index (χ1n) is 4.60. The Labute approximate surface area is 81.8 Å². The summed E-state index contributed by atoms with van der Waals surface area (Å²) in [6.45, 7) is 1.90. The van der Waals surface area contributed by atoms with E-state index in [1.54, 1.807) is 6.92 Å². The molecule has 1 atom stereocenters. The van der Waals surface area contributed by atoms with Crippen molar-refractivity contribution in [3.63, 3.8) is 0 Å². The maximum absolute atomic E-state index is 11.1. The first kappa shape index (κ1) is 10.8. The number of aliphatic hydroxyl groups excluding tert-OH is 1. The molecule has 0 spiro atoms. The largest absolute Gasteiger partial charge is 0.448 e. The van der Waals surface area contributed by atoms with Gasteiger partial charge in [0, 0.05) is 6.42 Å². The molecule has 0 heterocycles. The molecule has 1 fully saturated rings. The van der Waals surface area contributed by atoms with E-state index in [2.05, 4.69) is 9.73 Å². The van der Waals surface area contributed by atoms with Gasteiger partial charge in [0.15, 0.2) is 11.9 Å². The van der Waals surface area contributed by atoms with Gasteiger partial charge >= 0.3 is 6.09 Å². The monoisotopic (exact) mass is 199 g/mol. The Morgan fingerprint density at radius 2 is 2.36 bits per heavy atom. The van der Waals surface area contributed by atoms with Gasteiger partial charge in [-0.05, 0) is 19.8 Å². The van der Waals surface area contributed by atoms with Gasteiger partial charge in [0.1, 0.15) is 0 Å². The molecule has 0 aromatic carbocycles. The summed E-state index contributed by atoms with van der Waals surface area (Å²) in [5, 5.41) is 9.37. The number of hydrogen-bond donors (Lipinski definition) is 1. The molecule has 5 nitrogen and oxygen atoms in total. The van der Waals surface area contributed by atoms with Crippen LogP contribution in [0.1, 0.15) is 26.2 Å². The number of aliphatic hydroxyl groups is 1. The van der Waals surface area contributed by atoms with Crippen molar-refractivity contribution in [2.24, 2.45) is 4.99 Å².